The van der Waals surface area contributed by atoms with Crippen molar-refractivity contribution in [2.75, 3.05) is 24.9 Å². The minimum absolute atomic E-state index is 0.00232. The number of likely N-dealkylation sites (N-methyl/N-ethyl adjacent to an activating group) is 1. The molecule has 164 valence electrons. The van der Waals surface area contributed by atoms with Crippen molar-refractivity contribution in [2.45, 2.75) is 23.6 Å². The van der Waals surface area contributed by atoms with E-state index in [2.05, 4.69) is 4.72 Å². The van der Waals surface area contributed by atoms with Crippen molar-refractivity contribution >= 4 is 26.5 Å². The van der Waals surface area contributed by atoms with E-state index in [4.69, 9.17) is 4.74 Å². The second-order valence-corrected chi connectivity index (χ2v) is 9.30. The number of nitrogens with one attached hydrogen (secondary N) is 1. The first-order valence-corrected chi connectivity index (χ1v) is 11.2. The molecule has 3 aromatic rings. The third kappa shape index (κ3) is 4.77. The van der Waals surface area contributed by atoms with E-state index in [9.17, 15) is 21.6 Å². The normalized spacial score (nSPS) is 17.7. The summed E-state index contributed by atoms with van der Waals surface area (Å²) >= 11 is 0. The Morgan fingerprint density at radius 1 is 1.03 bits per heavy atom. The van der Waals surface area contributed by atoms with E-state index in [0.717, 1.165) is 35.5 Å². The lowest BCUT2D eigenvalue weighted by atomic mass is 10.1. The third-order valence-corrected chi connectivity index (χ3v) is 6.59. The molecular formula is C22H21F3N2O3S. The second kappa shape index (κ2) is 8.05. The molecule has 0 amide bonds. The van der Waals surface area contributed by atoms with Gasteiger partial charge in [0.05, 0.1) is 16.1 Å². The molecular weight excluding hydrogens is 429 g/mol. The predicted octanol–water partition coefficient (Wildman–Crippen LogP) is 4.74. The Labute approximate surface area is 178 Å². The molecule has 1 saturated heterocycles. The van der Waals surface area contributed by atoms with Crippen LogP contribution in [0.5, 0.6) is 5.75 Å². The topological polar surface area (TPSA) is 58.6 Å². The van der Waals surface area contributed by atoms with E-state index in [0.29, 0.717) is 13.0 Å². The predicted molar refractivity (Wildman–Crippen MR) is 113 cm³/mol. The van der Waals surface area contributed by atoms with Gasteiger partial charge in [-0.1, -0.05) is 30.3 Å². The number of sulfonamides is 1. The van der Waals surface area contributed by atoms with Crippen LogP contribution in [0.1, 0.15) is 12.0 Å². The monoisotopic (exact) mass is 450 g/mol. The zero-order valence-corrected chi connectivity index (χ0v) is 17.5. The van der Waals surface area contributed by atoms with E-state index in [1.165, 1.54) is 12.1 Å². The number of hydrogen-bond acceptors (Lipinski definition) is 4. The number of likely N-dealkylation sites (tertiary alicyclic amines) is 1. The van der Waals surface area contributed by atoms with Crippen molar-refractivity contribution < 1.29 is 26.3 Å². The van der Waals surface area contributed by atoms with Crippen molar-refractivity contribution in [3.8, 4) is 5.75 Å². The average Bonchev–Trinajstić information content (AvgIpc) is 3.11. The maximum Gasteiger partial charge on any atom is 0.419 e. The van der Waals surface area contributed by atoms with Gasteiger partial charge in [0.15, 0.2) is 0 Å². The first-order chi connectivity index (χ1) is 14.6. The highest BCUT2D eigenvalue weighted by Gasteiger charge is 2.36. The summed E-state index contributed by atoms with van der Waals surface area (Å²) < 4.78 is 74.0. The standard InChI is InChI=1S/C22H21F3N2O3S/c1-27-11-10-18(14-27)30-21-13-17(7-9-20(21)22(23,24)25)26-31(28,29)19-8-6-15-4-2-3-5-16(15)12-19/h2-9,12-13,18,26H,10-11,14H2,1H3/t18-/m1/s1. The molecule has 1 N–H and O–H groups in total. The maximum atomic E-state index is 13.5. The Kier molecular flexibility index (Phi) is 5.57. The van der Waals surface area contributed by atoms with Gasteiger partial charge in [-0.25, -0.2) is 8.42 Å². The van der Waals surface area contributed by atoms with E-state index in [-0.39, 0.29) is 16.3 Å². The van der Waals surface area contributed by atoms with Crippen LogP contribution >= 0.6 is 0 Å². The van der Waals surface area contributed by atoms with Crippen molar-refractivity contribution in [2.24, 2.45) is 0 Å². The smallest absolute Gasteiger partial charge is 0.419 e. The summed E-state index contributed by atoms with van der Waals surface area (Å²) in [5.41, 5.74) is -0.932. The quantitative estimate of drug-likeness (QED) is 0.610. The lowest BCUT2D eigenvalue weighted by molar-refractivity contribution is -0.139. The fourth-order valence-corrected chi connectivity index (χ4v) is 4.72. The minimum Gasteiger partial charge on any atom is -0.488 e. The number of benzene rings is 3. The summed E-state index contributed by atoms with van der Waals surface area (Å²) in [6, 6.07) is 15.0. The fraction of sp³-hybridized carbons (Fsp3) is 0.273. The van der Waals surface area contributed by atoms with E-state index >= 15 is 0 Å². The SMILES string of the molecule is CN1CC[C@@H](Oc2cc(NS(=O)(=O)c3ccc4ccccc4c3)ccc2C(F)(F)F)C1. The highest BCUT2D eigenvalue weighted by Crippen LogP contribution is 2.39. The van der Waals surface area contributed by atoms with E-state index in [1.54, 1.807) is 18.2 Å². The molecule has 0 saturated carbocycles. The number of rotatable bonds is 5. The molecule has 1 heterocycles. The molecule has 3 aromatic carbocycles. The zero-order valence-electron chi connectivity index (χ0n) is 16.7. The van der Waals surface area contributed by atoms with Crippen LogP contribution in [0.15, 0.2) is 65.6 Å². The summed E-state index contributed by atoms with van der Waals surface area (Å²) in [6.07, 6.45) is -4.41. The molecule has 0 spiro atoms. The minimum atomic E-state index is -4.62. The lowest BCUT2D eigenvalue weighted by Gasteiger charge is -2.19. The van der Waals surface area contributed by atoms with Crippen LogP contribution in [0.25, 0.3) is 10.8 Å². The number of ether oxygens (including phenoxy) is 1. The van der Waals surface area contributed by atoms with Crippen molar-refractivity contribution in [1.82, 2.24) is 4.90 Å². The molecule has 9 heteroatoms. The van der Waals surface area contributed by atoms with Crippen LogP contribution in [0, 0.1) is 0 Å². The highest BCUT2D eigenvalue weighted by molar-refractivity contribution is 7.92. The second-order valence-electron chi connectivity index (χ2n) is 7.61. The van der Waals surface area contributed by atoms with Gasteiger partial charge in [0.2, 0.25) is 0 Å². The van der Waals surface area contributed by atoms with Gasteiger partial charge in [-0.3, -0.25) is 4.72 Å². The molecule has 1 aliphatic rings. The van der Waals surface area contributed by atoms with Crippen LogP contribution in [-0.4, -0.2) is 39.6 Å². The lowest BCUT2D eigenvalue weighted by Crippen LogP contribution is -2.23. The molecule has 0 radical (unpaired) electrons. The van der Waals surface area contributed by atoms with Crippen LogP contribution in [-0.2, 0) is 16.2 Å². The van der Waals surface area contributed by atoms with Gasteiger partial charge in [-0.05, 0) is 48.5 Å². The average molecular weight is 450 g/mol. The van der Waals surface area contributed by atoms with Crippen molar-refractivity contribution in [3.05, 3.63) is 66.2 Å². The zero-order chi connectivity index (χ0) is 22.2. The van der Waals surface area contributed by atoms with Crippen molar-refractivity contribution in [3.63, 3.8) is 0 Å². The van der Waals surface area contributed by atoms with Gasteiger partial charge in [-0.2, -0.15) is 13.2 Å². The molecule has 0 bridgehead atoms. The van der Waals surface area contributed by atoms with Crippen LogP contribution in [0.3, 0.4) is 0 Å². The van der Waals surface area contributed by atoms with Gasteiger partial charge in [-0.15, -0.1) is 0 Å². The molecule has 4 rings (SSSR count). The molecule has 5 nitrogen and oxygen atoms in total. The summed E-state index contributed by atoms with van der Waals surface area (Å²) in [5, 5.41) is 1.63. The van der Waals surface area contributed by atoms with E-state index < -0.39 is 27.9 Å². The molecule has 1 fully saturated rings. The summed E-state index contributed by atoms with van der Waals surface area (Å²) in [5.74, 6) is -0.383. The Hall–Kier alpha value is -2.78. The number of hydrogen-bond donors (Lipinski definition) is 1. The first kappa shape index (κ1) is 21.5. The highest BCUT2D eigenvalue weighted by atomic mass is 32.2. The molecule has 0 unspecified atom stereocenters. The van der Waals surface area contributed by atoms with Crippen LogP contribution in [0.2, 0.25) is 0 Å². The number of nitrogens with zero attached hydrogens (tertiary/aromatic N) is 1. The number of halogens is 3. The Morgan fingerprint density at radius 3 is 2.45 bits per heavy atom. The van der Waals surface area contributed by atoms with Crippen LogP contribution < -0.4 is 9.46 Å². The first-order valence-electron chi connectivity index (χ1n) is 9.70. The van der Waals surface area contributed by atoms with Gasteiger partial charge >= 0.3 is 6.18 Å². The molecule has 1 atom stereocenters. The van der Waals surface area contributed by atoms with E-state index in [1.807, 2.05) is 24.1 Å². The van der Waals surface area contributed by atoms with Gasteiger partial charge in [0, 0.05) is 19.2 Å². The number of fused-ring (bicyclic) bond motifs is 1. The fourth-order valence-electron chi connectivity index (χ4n) is 3.64. The Bertz CT molecular complexity index is 1210. The Balaban J connectivity index is 1.64. The largest absolute Gasteiger partial charge is 0.488 e. The number of alkyl halides is 3. The summed E-state index contributed by atoms with van der Waals surface area (Å²) in [7, 11) is -2.14. The number of anilines is 1. The molecule has 31 heavy (non-hydrogen) atoms. The van der Waals surface area contributed by atoms with Gasteiger partial charge < -0.3 is 9.64 Å². The third-order valence-electron chi connectivity index (χ3n) is 5.21. The summed E-state index contributed by atoms with van der Waals surface area (Å²) in [6.45, 7) is 1.23. The van der Waals surface area contributed by atoms with Crippen molar-refractivity contribution in [1.29, 1.82) is 0 Å². The van der Waals surface area contributed by atoms with Crippen LogP contribution in [0.4, 0.5) is 18.9 Å². The summed E-state index contributed by atoms with van der Waals surface area (Å²) in [4.78, 5) is 1.98. The van der Waals surface area contributed by atoms with Gasteiger partial charge in [0.1, 0.15) is 11.9 Å². The van der Waals surface area contributed by atoms with Gasteiger partial charge in [0.25, 0.3) is 10.0 Å². The maximum absolute atomic E-state index is 13.5. The molecule has 0 aromatic heterocycles. The molecule has 0 aliphatic carbocycles. The Morgan fingerprint density at radius 2 is 1.77 bits per heavy atom. The molecule has 1 aliphatic heterocycles.